The monoisotopic (exact) mass is 459 g/mol. The number of amides is 2. The number of anilines is 1. The number of urea groups is 1. The molecule has 172 valence electrons. The number of nitrogens with one attached hydrogen (secondary N) is 1. The summed E-state index contributed by atoms with van der Waals surface area (Å²) < 4.78 is 52.1. The van der Waals surface area contributed by atoms with Crippen LogP contribution >= 0.6 is 0 Å². The zero-order valence-electron chi connectivity index (χ0n) is 17.3. The van der Waals surface area contributed by atoms with Gasteiger partial charge in [-0.05, 0) is 48.5 Å². The summed E-state index contributed by atoms with van der Waals surface area (Å²) in [6.07, 6.45) is -1.53. The van der Waals surface area contributed by atoms with Gasteiger partial charge in [-0.25, -0.2) is 4.79 Å². The summed E-state index contributed by atoms with van der Waals surface area (Å²) in [4.78, 5) is 17.8. The number of pyridine rings is 1. The van der Waals surface area contributed by atoms with Crippen molar-refractivity contribution >= 4 is 11.7 Å². The number of carbonyl (C=O) groups excluding carboxylic acids is 1. The van der Waals surface area contributed by atoms with Crippen LogP contribution in [0.25, 0.3) is 0 Å². The number of alkyl halides is 3. The molecule has 0 spiro atoms. The number of rotatable bonds is 7. The molecule has 1 aliphatic rings. The van der Waals surface area contributed by atoms with Crippen LogP contribution < -0.4 is 19.5 Å². The maximum Gasteiger partial charge on any atom is 0.573 e. The molecule has 1 fully saturated rings. The van der Waals surface area contributed by atoms with Crippen LogP contribution in [0.3, 0.4) is 0 Å². The fraction of sp³-hybridized carbons (Fsp3) is 0.217. The summed E-state index contributed by atoms with van der Waals surface area (Å²) in [5, 5.41) is 2.79. The molecule has 2 heterocycles. The van der Waals surface area contributed by atoms with Crippen molar-refractivity contribution in [1.29, 1.82) is 0 Å². The minimum Gasteiger partial charge on any atom is -0.493 e. The van der Waals surface area contributed by atoms with Gasteiger partial charge in [-0.1, -0.05) is 6.07 Å². The number of ether oxygens (including phenoxy) is 3. The molecule has 0 saturated carbocycles. The summed E-state index contributed by atoms with van der Waals surface area (Å²) in [6.45, 7) is 1.59. The Labute approximate surface area is 187 Å². The highest BCUT2D eigenvalue weighted by molar-refractivity contribution is 5.89. The summed E-state index contributed by atoms with van der Waals surface area (Å²) >= 11 is 0. The van der Waals surface area contributed by atoms with Gasteiger partial charge in [-0.3, -0.25) is 4.98 Å². The predicted molar refractivity (Wildman–Crippen MR) is 113 cm³/mol. The molecular formula is C23H20F3N3O4. The normalized spacial score (nSPS) is 13.7. The molecule has 2 amide bonds. The number of nitrogens with zero attached hydrogens (tertiary/aromatic N) is 2. The third-order valence-electron chi connectivity index (χ3n) is 4.74. The van der Waals surface area contributed by atoms with Crippen molar-refractivity contribution in [2.45, 2.75) is 6.36 Å². The number of benzene rings is 2. The number of likely N-dealkylation sites (tertiary alicyclic amines) is 1. The van der Waals surface area contributed by atoms with E-state index in [2.05, 4.69) is 15.0 Å². The van der Waals surface area contributed by atoms with E-state index in [-0.39, 0.29) is 17.7 Å². The maximum absolute atomic E-state index is 12.2. The first-order valence-electron chi connectivity index (χ1n) is 10.1. The van der Waals surface area contributed by atoms with E-state index in [1.54, 1.807) is 53.7 Å². The van der Waals surface area contributed by atoms with Crippen LogP contribution in [0.5, 0.6) is 23.0 Å². The van der Waals surface area contributed by atoms with Gasteiger partial charge in [0.15, 0.2) is 0 Å². The molecule has 0 unspecified atom stereocenters. The lowest BCUT2D eigenvalue weighted by molar-refractivity contribution is -0.274. The van der Waals surface area contributed by atoms with Crippen LogP contribution in [0.4, 0.5) is 23.7 Å². The Morgan fingerprint density at radius 2 is 1.73 bits per heavy atom. The zero-order chi connectivity index (χ0) is 23.3. The summed E-state index contributed by atoms with van der Waals surface area (Å²) in [5.41, 5.74) is 0.640. The molecule has 3 aromatic rings. The van der Waals surface area contributed by atoms with Crippen LogP contribution in [0.2, 0.25) is 0 Å². The van der Waals surface area contributed by atoms with Gasteiger partial charge in [0.2, 0.25) is 0 Å². The Bertz CT molecular complexity index is 1070. The number of carbonyl (C=O) groups is 1. The molecule has 0 radical (unpaired) electrons. The lowest BCUT2D eigenvalue weighted by Gasteiger charge is -2.38. The van der Waals surface area contributed by atoms with Gasteiger partial charge >= 0.3 is 12.4 Å². The fourth-order valence-electron chi connectivity index (χ4n) is 3.17. The van der Waals surface area contributed by atoms with E-state index in [0.29, 0.717) is 42.6 Å². The van der Waals surface area contributed by atoms with Gasteiger partial charge in [0.25, 0.3) is 0 Å². The van der Waals surface area contributed by atoms with Crippen LogP contribution in [0.1, 0.15) is 0 Å². The van der Waals surface area contributed by atoms with Crippen molar-refractivity contribution in [3.05, 3.63) is 73.1 Å². The van der Waals surface area contributed by atoms with Crippen molar-refractivity contribution in [3.63, 3.8) is 0 Å². The van der Waals surface area contributed by atoms with E-state index >= 15 is 0 Å². The number of halogens is 3. The van der Waals surface area contributed by atoms with Crippen LogP contribution in [0, 0.1) is 5.92 Å². The topological polar surface area (TPSA) is 72.9 Å². The molecule has 33 heavy (non-hydrogen) atoms. The summed E-state index contributed by atoms with van der Waals surface area (Å²) in [6, 6.07) is 15.4. The van der Waals surface area contributed by atoms with Gasteiger partial charge in [-0.2, -0.15) is 0 Å². The van der Waals surface area contributed by atoms with Crippen LogP contribution in [0.15, 0.2) is 73.1 Å². The molecule has 10 heteroatoms. The van der Waals surface area contributed by atoms with Gasteiger partial charge in [0.05, 0.1) is 18.5 Å². The maximum atomic E-state index is 12.2. The highest BCUT2D eigenvalue weighted by Gasteiger charge is 2.32. The highest BCUT2D eigenvalue weighted by atomic mass is 19.4. The lowest BCUT2D eigenvalue weighted by atomic mass is 10.0. The van der Waals surface area contributed by atoms with E-state index < -0.39 is 6.36 Å². The second-order valence-electron chi connectivity index (χ2n) is 7.35. The SMILES string of the molecule is O=C(Nc1cccnc1)N1CC(COc2cccc(Oc3ccc(OC(F)(F)F)cc3)c2)C1. The predicted octanol–water partition coefficient (Wildman–Crippen LogP) is 5.32. The van der Waals surface area contributed by atoms with E-state index in [4.69, 9.17) is 9.47 Å². The Morgan fingerprint density at radius 3 is 2.42 bits per heavy atom. The van der Waals surface area contributed by atoms with E-state index in [1.165, 1.54) is 24.3 Å². The molecule has 4 rings (SSSR count). The zero-order valence-corrected chi connectivity index (χ0v) is 17.3. The van der Waals surface area contributed by atoms with Gasteiger partial charge in [-0.15, -0.1) is 13.2 Å². The van der Waals surface area contributed by atoms with Crippen molar-refractivity contribution in [2.75, 3.05) is 25.0 Å². The Balaban J connectivity index is 1.23. The van der Waals surface area contributed by atoms with Gasteiger partial charge in [0, 0.05) is 31.3 Å². The third-order valence-corrected chi connectivity index (χ3v) is 4.74. The first kappa shape index (κ1) is 22.3. The molecule has 1 saturated heterocycles. The summed E-state index contributed by atoms with van der Waals surface area (Å²) in [7, 11) is 0. The molecule has 1 N–H and O–H groups in total. The van der Waals surface area contributed by atoms with Crippen LogP contribution in [-0.4, -0.2) is 42.0 Å². The van der Waals surface area contributed by atoms with Crippen molar-refractivity contribution in [1.82, 2.24) is 9.88 Å². The molecule has 7 nitrogen and oxygen atoms in total. The van der Waals surface area contributed by atoms with Crippen molar-refractivity contribution in [2.24, 2.45) is 5.92 Å². The highest BCUT2D eigenvalue weighted by Crippen LogP contribution is 2.29. The number of aromatic nitrogens is 1. The minimum atomic E-state index is -4.74. The molecule has 1 aliphatic heterocycles. The first-order valence-corrected chi connectivity index (χ1v) is 10.1. The molecular weight excluding hydrogens is 439 g/mol. The second-order valence-corrected chi connectivity index (χ2v) is 7.35. The van der Waals surface area contributed by atoms with E-state index in [1.807, 2.05) is 0 Å². The van der Waals surface area contributed by atoms with E-state index in [0.717, 1.165) is 0 Å². The standard InChI is InChI=1S/C23H20F3N3O4/c24-23(25,26)33-19-8-6-18(7-9-19)32-21-5-1-4-20(11-21)31-15-16-13-29(14-16)22(30)28-17-3-2-10-27-12-17/h1-12,16H,13-15H2,(H,28,30). The van der Waals surface area contributed by atoms with Crippen molar-refractivity contribution < 1.29 is 32.2 Å². The second kappa shape index (κ2) is 9.68. The average molecular weight is 459 g/mol. The lowest BCUT2D eigenvalue weighted by Crippen LogP contribution is -2.53. The van der Waals surface area contributed by atoms with Gasteiger partial charge < -0.3 is 24.4 Å². The third kappa shape index (κ3) is 6.52. The molecule has 0 aliphatic carbocycles. The fourth-order valence-corrected chi connectivity index (χ4v) is 3.17. The quantitative estimate of drug-likeness (QED) is 0.518. The molecule has 0 atom stereocenters. The molecule has 0 bridgehead atoms. The van der Waals surface area contributed by atoms with Gasteiger partial charge in [0.1, 0.15) is 23.0 Å². The van der Waals surface area contributed by atoms with E-state index in [9.17, 15) is 18.0 Å². The largest absolute Gasteiger partial charge is 0.573 e. The Kier molecular flexibility index (Phi) is 6.53. The van der Waals surface area contributed by atoms with Crippen LogP contribution in [-0.2, 0) is 0 Å². The Morgan fingerprint density at radius 1 is 1.00 bits per heavy atom. The Hall–Kier alpha value is -3.95. The minimum absolute atomic E-state index is 0.179. The summed E-state index contributed by atoms with van der Waals surface area (Å²) in [5.74, 6) is 1.30. The molecule has 2 aromatic carbocycles. The smallest absolute Gasteiger partial charge is 0.493 e. The number of hydrogen-bond donors (Lipinski definition) is 1. The average Bonchev–Trinajstić information content (AvgIpc) is 2.74. The molecule has 1 aromatic heterocycles. The first-order chi connectivity index (χ1) is 15.8. The number of hydrogen-bond acceptors (Lipinski definition) is 5. The van der Waals surface area contributed by atoms with Crippen molar-refractivity contribution in [3.8, 4) is 23.0 Å².